The quantitative estimate of drug-likeness (QED) is 0.204. The molecule has 0 bridgehead atoms. The molecule has 0 rings (SSSR count). The molecule has 0 aliphatic rings. The van der Waals surface area contributed by atoms with Crippen LogP contribution in [0.5, 0.6) is 0 Å². The molecule has 0 N–H and O–H groups in total. The Labute approximate surface area is 91.4 Å². The molecule has 0 aromatic rings. The van der Waals surface area contributed by atoms with E-state index in [9.17, 15) is 0 Å². The summed E-state index contributed by atoms with van der Waals surface area (Å²) in [5, 5.41) is 0. The summed E-state index contributed by atoms with van der Waals surface area (Å²) in [6.07, 6.45) is 0. The van der Waals surface area contributed by atoms with Crippen molar-refractivity contribution in [3.8, 4) is 0 Å². The van der Waals surface area contributed by atoms with Gasteiger partial charge in [-0.2, -0.15) is 0 Å². The van der Waals surface area contributed by atoms with Crippen LogP contribution in [0.4, 0.5) is 0 Å². The Morgan fingerprint density at radius 2 is 1.20 bits per heavy atom. The van der Waals surface area contributed by atoms with Gasteiger partial charge in [-0.3, -0.25) is 0 Å². The molecule has 0 amide bonds. The van der Waals surface area contributed by atoms with Crippen LogP contribution in [0.15, 0.2) is 0 Å². The summed E-state index contributed by atoms with van der Waals surface area (Å²) in [7, 11) is 0. The van der Waals surface area contributed by atoms with E-state index in [4.69, 9.17) is 0 Å². The van der Waals surface area contributed by atoms with Gasteiger partial charge in [0.2, 0.25) is 0 Å². The second-order valence-electron chi connectivity index (χ2n) is 0.0540. The maximum Gasteiger partial charge on any atom is 2.00 e. The van der Waals surface area contributed by atoms with Crippen LogP contribution in [0.1, 0.15) is 0 Å². The molecule has 0 saturated heterocycles. The summed E-state index contributed by atoms with van der Waals surface area (Å²) < 4.78 is 0. The summed E-state index contributed by atoms with van der Waals surface area (Å²) >= 11 is 5.30. The zero-order valence-electron chi connectivity index (χ0n) is 2.22. The van der Waals surface area contributed by atoms with Gasteiger partial charge in [0.25, 0.3) is 0 Å². The second kappa shape index (κ2) is 15.6. The molecular formula is I4Zn. The van der Waals surface area contributed by atoms with Gasteiger partial charge in [-0.1, -0.05) is 0 Å². The van der Waals surface area contributed by atoms with Crippen LogP contribution in [0.2, 0.25) is 0 Å². The van der Waals surface area contributed by atoms with E-state index < -0.39 is 0 Å². The van der Waals surface area contributed by atoms with Crippen LogP contribution in [0, 0.1) is 0 Å². The molecule has 0 aromatic carbocycles. The van der Waals surface area contributed by atoms with E-state index in [1.54, 1.807) is 0 Å². The molecular weight excluding hydrogens is 573 g/mol. The smallest absolute Gasteiger partial charge is 1.00 e. The summed E-state index contributed by atoms with van der Waals surface area (Å²) in [5.41, 5.74) is 0. The molecule has 0 heterocycles. The van der Waals surface area contributed by atoms with Crippen molar-refractivity contribution >= 4 is 37.2 Å². The van der Waals surface area contributed by atoms with E-state index >= 15 is 0 Å². The Kier molecular flexibility index (Phi) is 49.5. The van der Waals surface area contributed by atoms with Crippen molar-refractivity contribution in [1.29, 1.82) is 0 Å². The van der Waals surface area contributed by atoms with Crippen LogP contribution in [-0.4, -0.2) is 0 Å². The molecule has 0 unspecified atom stereocenters. The Hall–Kier alpha value is 3.54. The first-order valence-electron chi connectivity index (χ1n) is 0.286. The molecule has 30 valence electrons. The maximum absolute atomic E-state index is 2.39. The third kappa shape index (κ3) is 18.5. The molecule has 0 spiro atoms. The first-order chi connectivity index (χ1) is 1.41. The topological polar surface area (TPSA) is 0 Å². The minimum absolute atomic E-state index is 0. The number of halogens is 4. The monoisotopic (exact) mass is 572 g/mol. The van der Waals surface area contributed by atoms with Gasteiger partial charge in [0.1, 0.15) is 0 Å². The van der Waals surface area contributed by atoms with E-state index in [0.29, 0.717) is 13.3 Å². The zero-order valence-corrected chi connectivity index (χ0v) is 13.8. The largest absolute Gasteiger partial charge is 2.00 e. The first-order valence-corrected chi connectivity index (χ1v) is 12.9. The fourth-order valence-electron chi connectivity index (χ4n) is 0. The van der Waals surface area contributed by atoms with Gasteiger partial charge in [0.15, 0.2) is 0 Å². The fraction of sp³-hybridized carbons (Fsp3) is 0. The van der Waals surface area contributed by atoms with Crippen LogP contribution < -0.4 is 37.2 Å². The van der Waals surface area contributed by atoms with Crippen LogP contribution in [-0.2, 0) is 19.5 Å². The SMILES string of the molecule is I[I-]I.[I-].[Zn+2]. The minimum Gasteiger partial charge on any atom is -1.00 e. The van der Waals surface area contributed by atoms with E-state index in [1.807, 2.05) is 0 Å². The molecule has 5 heteroatoms. The number of hydrogen-bond donors (Lipinski definition) is 0. The van der Waals surface area contributed by atoms with Gasteiger partial charge in [-0.25, -0.2) is 0 Å². The van der Waals surface area contributed by atoms with Gasteiger partial charge >= 0.3 is 70.0 Å². The standard InChI is InChI=1S/I3.HI.Zn/c1-3-2;;/h;1H;/q-1;;+2/p-1. The molecule has 5 heavy (non-hydrogen) atoms. The van der Waals surface area contributed by atoms with Crippen molar-refractivity contribution in [1.82, 2.24) is 0 Å². The molecule has 0 radical (unpaired) electrons. The Bertz CT molecular complexity index is 3.61. The first kappa shape index (κ1) is 15.8. The Morgan fingerprint density at radius 1 is 1.20 bits per heavy atom. The Morgan fingerprint density at radius 3 is 1.20 bits per heavy atom. The minimum atomic E-state index is 0. The summed E-state index contributed by atoms with van der Waals surface area (Å²) in [5.74, 6) is 0. The second-order valence-corrected chi connectivity index (χ2v) is 16.3. The summed E-state index contributed by atoms with van der Waals surface area (Å²) in [6, 6.07) is 0. The van der Waals surface area contributed by atoms with Crippen LogP contribution in [0.25, 0.3) is 0 Å². The number of rotatable bonds is 0. The van der Waals surface area contributed by atoms with Gasteiger partial charge in [-0.05, 0) is 0 Å². The third-order valence-corrected chi connectivity index (χ3v) is 0. The average molecular weight is 573 g/mol. The van der Waals surface area contributed by atoms with Crippen molar-refractivity contribution in [2.45, 2.75) is 0 Å². The van der Waals surface area contributed by atoms with Gasteiger partial charge < -0.3 is 24.0 Å². The molecule has 0 nitrogen and oxygen atoms in total. The molecule has 0 aliphatic carbocycles. The number of hydrogen-bond acceptors (Lipinski definition) is 0. The van der Waals surface area contributed by atoms with E-state index in [1.165, 1.54) is 0 Å². The maximum atomic E-state index is 2.39. The fourth-order valence-corrected chi connectivity index (χ4v) is 0. The van der Waals surface area contributed by atoms with Crippen LogP contribution in [0.3, 0.4) is 0 Å². The Balaban J connectivity index is -0.0000000200. The van der Waals surface area contributed by atoms with Gasteiger partial charge in [0, 0.05) is 0 Å². The average Bonchev–Trinajstić information content (AvgIpc) is 0.918. The van der Waals surface area contributed by atoms with Gasteiger partial charge in [0.05, 0.1) is 0 Å². The predicted molar refractivity (Wildman–Crippen MR) is 28.0 cm³/mol. The van der Waals surface area contributed by atoms with Crippen molar-refractivity contribution in [3.05, 3.63) is 0 Å². The predicted octanol–water partition coefficient (Wildman–Crippen LogP) is -4.22. The molecule has 0 fully saturated rings. The van der Waals surface area contributed by atoms with Crippen molar-refractivity contribution in [3.63, 3.8) is 0 Å². The summed E-state index contributed by atoms with van der Waals surface area (Å²) in [6.45, 7) is 0. The molecule has 0 saturated carbocycles. The normalized spacial score (nSPS) is 4.40. The van der Waals surface area contributed by atoms with Crippen molar-refractivity contribution in [2.75, 3.05) is 0 Å². The zero-order chi connectivity index (χ0) is 2.71. The third-order valence-electron chi connectivity index (χ3n) is 0. The van der Waals surface area contributed by atoms with Crippen molar-refractivity contribution < 1.29 is 56.7 Å². The van der Waals surface area contributed by atoms with Gasteiger partial charge in [-0.15, -0.1) is 0 Å². The molecule has 0 atom stereocenters. The summed E-state index contributed by atoms with van der Waals surface area (Å²) in [4.78, 5) is 0. The van der Waals surface area contributed by atoms with E-state index in [-0.39, 0.29) is 43.5 Å². The van der Waals surface area contributed by atoms with E-state index in [0.717, 1.165) is 0 Å². The molecule has 0 aromatic heterocycles. The van der Waals surface area contributed by atoms with Crippen molar-refractivity contribution in [2.24, 2.45) is 0 Å². The van der Waals surface area contributed by atoms with Crippen LogP contribution >= 0.6 is 37.2 Å². The molecule has 0 aliphatic heterocycles. The van der Waals surface area contributed by atoms with E-state index in [2.05, 4.69) is 37.2 Å².